The summed E-state index contributed by atoms with van der Waals surface area (Å²) < 4.78 is 30.6. The van der Waals surface area contributed by atoms with Gasteiger partial charge in [0.2, 0.25) is 10.0 Å². The lowest BCUT2D eigenvalue weighted by atomic mass is 9.87. The highest BCUT2D eigenvalue weighted by Gasteiger charge is 2.24. The number of nitrogens with zero attached hydrogens (tertiary/aromatic N) is 2. The number of para-hydroxylation sites is 2. The minimum Gasteiger partial charge on any atom is -0.484 e. The van der Waals surface area contributed by atoms with Crippen LogP contribution in [0.1, 0.15) is 26.3 Å². The van der Waals surface area contributed by atoms with Crippen molar-refractivity contribution in [3.8, 4) is 5.75 Å². The summed E-state index contributed by atoms with van der Waals surface area (Å²) in [5.74, 6) is 0.399. The van der Waals surface area contributed by atoms with Crippen molar-refractivity contribution in [3.05, 3.63) is 54.1 Å². The van der Waals surface area contributed by atoms with Gasteiger partial charge in [0.1, 0.15) is 5.75 Å². The lowest BCUT2D eigenvalue weighted by Crippen LogP contribution is -2.48. The maximum absolute atomic E-state index is 12.5. The van der Waals surface area contributed by atoms with E-state index in [0.717, 1.165) is 5.69 Å². The first kappa shape index (κ1) is 23.1. The van der Waals surface area contributed by atoms with E-state index in [9.17, 15) is 13.2 Å². The number of rotatable bonds is 6. The largest absolute Gasteiger partial charge is 0.484 e. The molecular formula is C23H31N3O4S. The number of sulfonamides is 1. The van der Waals surface area contributed by atoms with E-state index in [2.05, 4.69) is 31.0 Å². The van der Waals surface area contributed by atoms with Crippen LogP contribution >= 0.6 is 0 Å². The summed E-state index contributed by atoms with van der Waals surface area (Å²) in [7, 11) is -3.19. The number of anilines is 2. The number of carbonyl (C=O) groups is 1. The molecule has 1 amide bonds. The van der Waals surface area contributed by atoms with E-state index in [0.29, 0.717) is 37.6 Å². The molecule has 0 aromatic heterocycles. The van der Waals surface area contributed by atoms with E-state index in [-0.39, 0.29) is 17.9 Å². The first-order valence-electron chi connectivity index (χ1n) is 10.4. The number of amides is 1. The van der Waals surface area contributed by atoms with Gasteiger partial charge in [-0.25, -0.2) is 8.42 Å². The van der Waals surface area contributed by atoms with Crippen LogP contribution in [0.5, 0.6) is 5.75 Å². The Kier molecular flexibility index (Phi) is 6.91. The van der Waals surface area contributed by atoms with Crippen molar-refractivity contribution in [3.63, 3.8) is 0 Å². The van der Waals surface area contributed by atoms with Crippen LogP contribution in [0.2, 0.25) is 0 Å². The van der Waals surface area contributed by atoms with E-state index in [1.54, 1.807) is 0 Å². The molecule has 1 heterocycles. The molecular weight excluding hydrogens is 414 g/mol. The molecule has 31 heavy (non-hydrogen) atoms. The minimum absolute atomic E-state index is 0.0619. The van der Waals surface area contributed by atoms with E-state index in [4.69, 9.17) is 4.74 Å². The predicted octanol–water partition coefficient (Wildman–Crippen LogP) is 3.08. The lowest BCUT2D eigenvalue weighted by molar-refractivity contribution is -0.118. The first-order chi connectivity index (χ1) is 14.5. The Morgan fingerprint density at radius 3 is 2.19 bits per heavy atom. The van der Waals surface area contributed by atoms with Crippen LogP contribution in [-0.2, 0) is 20.2 Å². The zero-order valence-corrected chi connectivity index (χ0v) is 19.4. The molecule has 2 aromatic rings. The van der Waals surface area contributed by atoms with Crippen molar-refractivity contribution in [2.75, 3.05) is 49.3 Å². The number of ether oxygens (including phenoxy) is 1. The Balaban J connectivity index is 1.59. The monoisotopic (exact) mass is 445 g/mol. The Labute approximate surface area is 185 Å². The number of benzene rings is 2. The van der Waals surface area contributed by atoms with Gasteiger partial charge in [0, 0.05) is 26.2 Å². The van der Waals surface area contributed by atoms with Gasteiger partial charge < -0.3 is 15.0 Å². The van der Waals surface area contributed by atoms with Crippen molar-refractivity contribution < 1.29 is 17.9 Å². The molecule has 168 valence electrons. The number of hydrogen-bond donors (Lipinski definition) is 1. The summed E-state index contributed by atoms with van der Waals surface area (Å²) >= 11 is 0. The second-order valence-electron chi connectivity index (χ2n) is 8.78. The highest BCUT2D eigenvalue weighted by Crippen LogP contribution is 2.27. The molecule has 1 fully saturated rings. The second-order valence-corrected chi connectivity index (χ2v) is 10.8. The van der Waals surface area contributed by atoms with E-state index < -0.39 is 10.0 Å². The molecule has 0 saturated carbocycles. The molecule has 0 radical (unpaired) electrons. The van der Waals surface area contributed by atoms with Crippen LogP contribution in [0.4, 0.5) is 11.4 Å². The molecule has 3 rings (SSSR count). The molecule has 0 unspecified atom stereocenters. The zero-order chi connectivity index (χ0) is 22.6. The highest BCUT2D eigenvalue weighted by atomic mass is 32.2. The van der Waals surface area contributed by atoms with Gasteiger partial charge in [0.25, 0.3) is 5.91 Å². The van der Waals surface area contributed by atoms with Gasteiger partial charge in [-0.2, -0.15) is 4.31 Å². The van der Waals surface area contributed by atoms with Crippen molar-refractivity contribution in [1.82, 2.24) is 4.31 Å². The maximum Gasteiger partial charge on any atom is 0.262 e. The average molecular weight is 446 g/mol. The van der Waals surface area contributed by atoms with Gasteiger partial charge >= 0.3 is 0 Å². The summed E-state index contributed by atoms with van der Waals surface area (Å²) in [5.41, 5.74) is 2.83. The van der Waals surface area contributed by atoms with Gasteiger partial charge in [-0.05, 0) is 35.2 Å². The second kappa shape index (κ2) is 9.28. The van der Waals surface area contributed by atoms with Crippen LogP contribution in [-0.4, -0.2) is 57.7 Å². The molecule has 7 nitrogen and oxygen atoms in total. The van der Waals surface area contributed by atoms with E-state index in [1.165, 1.54) is 16.1 Å². The number of piperazine rings is 1. The summed E-state index contributed by atoms with van der Waals surface area (Å²) in [6.45, 7) is 8.33. The molecule has 0 atom stereocenters. The van der Waals surface area contributed by atoms with E-state index in [1.807, 2.05) is 48.5 Å². The molecule has 0 spiro atoms. The third kappa shape index (κ3) is 6.21. The number of hydrogen-bond acceptors (Lipinski definition) is 5. The minimum atomic E-state index is -3.19. The molecule has 1 aliphatic heterocycles. The molecule has 2 aromatic carbocycles. The third-order valence-electron chi connectivity index (χ3n) is 5.32. The van der Waals surface area contributed by atoms with Crippen LogP contribution in [0.25, 0.3) is 0 Å². The normalized spacial score (nSPS) is 15.5. The molecule has 1 aliphatic rings. The van der Waals surface area contributed by atoms with E-state index >= 15 is 0 Å². The average Bonchev–Trinajstić information content (AvgIpc) is 2.72. The van der Waals surface area contributed by atoms with Gasteiger partial charge in [0.05, 0.1) is 17.6 Å². The van der Waals surface area contributed by atoms with Crippen LogP contribution in [0.15, 0.2) is 48.5 Å². The highest BCUT2D eigenvalue weighted by molar-refractivity contribution is 7.88. The summed E-state index contributed by atoms with van der Waals surface area (Å²) in [6.07, 6.45) is 1.23. The van der Waals surface area contributed by atoms with Crippen LogP contribution in [0, 0.1) is 0 Å². The molecule has 0 bridgehead atoms. The molecule has 1 saturated heterocycles. The predicted molar refractivity (Wildman–Crippen MR) is 124 cm³/mol. The smallest absolute Gasteiger partial charge is 0.262 e. The lowest BCUT2D eigenvalue weighted by Gasteiger charge is -2.35. The van der Waals surface area contributed by atoms with Crippen LogP contribution < -0.4 is 15.0 Å². The Bertz CT molecular complexity index is 1010. The Morgan fingerprint density at radius 1 is 1.00 bits per heavy atom. The van der Waals surface area contributed by atoms with Gasteiger partial charge in [-0.3, -0.25) is 4.79 Å². The van der Waals surface area contributed by atoms with Crippen molar-refractivity contribution in [1.29, 1.82) is 0 Å². The topological polar surface area (TPSA) is 79.0 Å². The van der Waals surface area contributed by atoms with Gasteiger partial charge in [-0.1, -0.05) is 45.0 Å². The molecule has 0 aliphatic carbocycles. The summed E-state index contributed by atoms with van der Waals surface area (Å²) in [6, 6.07) is 15.3. The summed E-state index contributed by atoms with van der Waals surface area (Å²) in [5, 5.41) is 2.92. The molecule has 8 heteroatoms. The van der Waals surface area contributed by atoms with Crippen LogP contribution in [0.3, 0.4) is 0 Å². The van der Waals surface area contributed by atoms with Crippen molar-refractivity contribution >= 4 is 27.3 Å². The molecule has 1 N–H and O–H groups in total. The quantitative estimate of drug-likeness (QED) is 0.739. The zero-order valence-electron chi connectivity index (χ0n) is 18.6. The Morgan fingerprint density at radius 2 is 1.61 bits per heavy atom. The fourth-order valence-electron chi connectivity index (χ4n) is 3.50. The standard InChI is InChI=1S/C23H31N3O4S/c1-23(2,3)18-9-11-19(12-10-18)30-17-22(27)24-20-7-5-6-8-21(20)25-13-15-26(16-14-25)31(4,28)29/h5-12H,13-17H2,1-4H3,(H,24,27). The number of nitrogens with one attached hydrogen (secondary N) is 1. The van der Waals surface area contributed by atoms with Crippen molar-refractivity contribution in [2.45, 2.75) is 26.2 Å². The fourth-order valence-corrected chi connectivity index (χ4v) is 4.33. The summed E-state index contributed by atoms with van der Waals surface area (Å²) in [4.78, 5) is 14.6. The first-order valence-corrected chi connectivity index (χ1v) is 12.2. The van der Waals surface area contributed by atoms with Gasteiger partial charge in [0.15, 0.2) is 6.61 Å². The van der Waals surface area contributed by atoms with Gasteiger partial charge in [-0.15, -0.1) is 0 Å². The maximum atomic E-state index is 12.5. The Hall–Kier alpha value is -2.58. The number of carbonyl (C=O) groups excluding carboxylic acids is 1. The fraction of sp³-hybridized carbons (Fsp3) is 0.435. The van der Waals surface area contributed by atoms with Crippen molar-refractivity contribution in [2.24, 2.45) is 0 Å². The third-order valence-corrected chi connectivity index (χ3v) is 6.62. The SMILES string of the molecule is CC(C)(C)c1ccc(OCC(=O)Nc2ccccc2N2CCN(S(C)(=O)=O)CC2)cc1.